The van der Waals surface area contributed by atoms with Crippen LogP contribution in [0.4, 0.5) is 0 Å². The summed E-state index contributed by atoms with van der Waals surface area (Å²) in [4.78, 5) is 4.24. The Morgan fingerprint density at radius 3 is 2.76 bits per heavy atom. The molecule has 1 aromatic carbocycles. The van der Waals surface area contributed by atoms with Gasteiger partial charge in [0, 0.05) is 11.8 Å². The van der Waals surface area contributed by atoms with Crippen molar-refractivity contribution in [3.05, 3.63) is 30.1 Å². The fourth-order valence-corrected chi connectivity index (χ4v) is 1.98. The van der Waals surface area contributed by atoms with Crippen LogP contribution >= 0.6 is 0 Å². The molecule has 0 fully saturated rings. The van der Waals surface area contributed by atoms with Gasteiger partial charge < -0.3 is 10.3 Å². The zero-order chi connectivity index (χ0) is 12.5. The molecule has 0 spiro atoms. The van der Waals surface area contributed by atoms with Crippen molar-refractivity contribution in [3.63, 3.8) is 0 Å². The Hall–Kier alpha value is -1.73. The minimum atomic E-state index is -3.25. The lowest BCUT2D eigenvalue weighted by Crippen LogP contribution is -1.98. The number of hydrogen-bond acceptors (Lipinski definition) is 6. The molecule has 0 aliphatic rings. The zero-order valence-electron chi connectivity index (χ0n) is 9.12. The average Bonchev–Trinajstić information content (AvgIpc) is 2.76. The van der Waals surface area contributed by atoms with E-state index in [1.165, 1.54) is 12.1 Å². The van der Waals surface area contributed by atoms with Crippen LogP contribution in [0.2, 0.25) is 0 Å². The SMILES string of the molecule is CS(=O)(=O)c1cccc(-c2nc(CN)no2)c1. The highest BCUT2D eigenvalue weighted by molar-refractivity contribution is 7.90. The van der Waals surface area contributed by atoms with E-state index in [4.69, 9.17) is 10.3 Å². The second-order valence-corrected chi connectivity index (χ2v) is 5.54. The van der Waals surface area contributed by atoms with E-state index in [9.17, 15) is 8.42 Å². The summed E-state index contributed by atoms with van der Waals surface area (Å²) in [5.41, 5.74) is 5.92. The van der Waals surface area contributed by atoms with Crippen molar-refractivity contribution < 1.29 is 12.9 Å². The van der Waals surface area contributed by atoms with Gasteiger partial charge in [-0.25, -0.2) is 8.42 Å². The molecule has 2 aromatic rings. The summed E-state index contributed by atoms with van der Waals surface area (Å²) in [6.07, 6.45) is 1.14. The molecule has 6 nitrogen and oxygen atoms in total. The van der Waals surface area contributed by atoms with Crippen molar-refractivity contribution in [1.82, 2.24) is 10.1 Å². The van der Waals surface area contributed by atoms with Crippen LogP contribution in [0, 0.1) is 0 Å². The molecule has 0 saturated heterocycles. The van der Waals surface area contributed by atoms with Crippen LogP contribution in [0.15, 0.2) is 33.7 Å². The summed E-state index contributed by atoms with van der Waals surface area (Å²) >= 11 is 0. The molecule has 0 unspecified atom stereocenters. The lowest BCUT2D eigenvalue weighted by molar-refractivity contribution is 0.422. The Kier molecular flexibility index (Phi) is 2.95. The maximum Gasteiger partial charge on any atom is 0.258 e. The van der Waals surface area contributed by atoms with Crippen LogP contribution in [0.5, 0.6) is 0 Å². The van der Waals surface area contributed by atoms with Crippen LogP contribution in [0.3, 0.4) is 0 Å². The normalized spacial score (nSPS) is 11.6. The summed E-state index contributed by atoms with van der Waals surface area (Å²) < 4.78 is 27.8. The maximum atomic E-state index is 11.4. The summed E-state index contributed by atoms with van der Waals surface area (Å²) in [6, 6.07) is 6.32. The Labute approximate surface area is 98.4 Å². The number of nitrogens with two attached hydrogens (primary N) is 1. The van der Waals surface area contributed by atoms with Crippen LogP contribution in [-0.2, 0) is 16.4 Å². The van der Waals surface area contributed by atoms with Gasteiger partial charge in [0.05, 0.1) is 11.4 Å². The fraction of sp³-hybridized carbons (Fsp3) is 0.200. The maximum absolute atomic E-state index is 11.4. The molecular weight excluding hydrogens is 242 g/mol. The van der Waals surface area contributed by atoms with Crippen LogP contribution in [0.25, 0.3) is 11.5 Å². The lowest BCUT2D eigenvalue weighted by Gasteiger charge is -1.99. The van der Waals surface area contributed by atoms with E-state index in [1.807, 2.05) is 0 Å². The highest BCUT2D eigenvalue weighted by atomic mass is 32.2. The number of aromatic nitrogens is 2. The standard InChI is InChI=1S/C10H11N3O3S/c1-17(14,15)8-4-2-3-7(5-8)10-12-9(6-11)13-16-10/h2-5H,6,11H2,1H3. The number of nitrogens with zero attached hydrogens (tertiary/aromatic N) is 2. The number of hydrogen-bond donors (Lipinski definition) is 1. The molecule has 90 valence electrons. The van der Waals surface area contributed by atoms with Crippen molar-refractivity contribution in [2.45, 2.75) is 11.4 Å². The molecule has 0 aliphatic carbocycles. The molecule has 7 heteroatoms. The summed E-state index contributed by atoms with van der Waals surface area (Å²) in [5, 5.41) is 3.64. The molecule has 2 rings (SSSR count). The van der Waals surface area contributed by atoms with Gasteiger partial charge in [0.2, 0.25) is 0 Å². The molecule has 0 aliphatic heterocycles. The molecule has 0 atom stereocenters. The Morgan fingerprint density at radius 1 is 1.41 bits per heavy atom. The van der Waals surface area contributed by atoms with E-state index in [0.717, 1.165) is 6.26 Å². The van der Waals surface area contributed by atoms with Gasteiger partial charge in [0.25, 0.3) is 5.89 Å². The first-order chi connectivity index (χ1) is 8.00. The van der Waals surface area contributed by atoms with Gasteiger partial charge in [-0.3, -0.25) is 0 Å². The van der Waals surface area contributed by atoms with Gasteiger partial charge in [-0.05, 0) is 18.2 Å². The predicted molar refractivity (Wildman–Crippen MR) is 60.7 cm³/mol. The van der Waals surface area contributed by atoms with E-state index in [-0.39, 0.29) is 17.3 Å². The number of sulfone groups is 1. The largest absolute Gasteiger partial charge is 0.334 e. The molecule has 0 bridgehead atoms. The Bertz CT molecular complexity index is 634. The van der Waals surface area contributed by atoms with Crippen molar-refractivity contribution in [2.75, 3.05) is 6.26 Å². The van der Waals surface area contributed by atoms with Crippen molar-refractivity contribution >= 4 is 9.84 Å². The van der Waals surface area contributed by atoms with Crippen molar-refractivity contribution in [2.24, 2.45) is 5.73 Å². The summed E-state index contributed by atoms with van der Waals surface area (Å²) in [5.74, 6) is 0.640. The van der Waals surface area contributed by atoms with E-state index in [1.54, 1.807) is 12.1 Å². The number of rotatable bonds is 3. The van der Waals surface area contributed by atoms with Gasteiger partial charge in [0.15, 0.2) is 15.7 Å². The van der Waals surface area contributed by atoms with Crippen LogP contribution in [0.1, 0.15) is 5.82 Å². The Morgan fingerprint density at radius 2 is 2.18 bits per heavy atom. The van der Waals surface area contributed by atoms with E-state index in [2.05, 4.69) is 10.1 Å². The summed E-state index contributed by atoms with van der Waals surface area (Å²) in [6.45, 7) is 0.176. The van der Waals surface area contributed by atoms with Gasteiger partial charge in [-0.1, -0.05) is 11.2 Å². The molecule has 1 aromatic heterocycles. The van der Waals surface area contributed by atoms with Gasteiger partial charge in [-0.15, -0.1) is 0 Å². The molecule has 17 heavy (non-hydrogen) atoms. The highest BCUT2D eigenvalue weighted by Gasteiger charge is 2.12. The van der Waals surface area contributed by atoms with E-state index >= 15 is 0 Å². The first-order valence-electron chi connectivity index (χ1n) is 4.84. The van der Waals surface area contributed by atoms with Crippen molar-refractivity contribution in [3.8, 4) is 11.5 Å². The molecule has 2 N–H and O–H groups in total. The van der Waals surface area contributed by atoms with Crippen LogP contribution in [-0.4, -0.2) is 24.8 Å². The van der Waals surface area contributed by atoms with Gasteiger partial charge in [0.1, 0.15) is 0 Å². The quantitative estimate of drug-likeness (QED) is 0.859. The minimum absolute atomic E-state index is 0.176. The topological polar surface area (TPSA) is 99.1 Å². The van der Waals surface area contributed by atoms with Gasteiger partial charge >= 0.3 is 0 Å². The molecule has 1 heterocycles. The fourth-order valence-electron chi connectivity index (χ4n) is 1.31. The van der Waals surface area contributed by atoms with E-state index in [0.29, 0.717) is 11.4 Å². The smallest absolute Gasteiger partial charge is 0.258 e. The second kappa shape index (κ2) is 4.27. The van der Waals surface area contributed by atoms with Crippen molar-refractivity contribution in [1.29, 1.82) is 0 Å². The first kappa shape index (κ1) is 11.7. The second-order valence-electron chi connectivity index (χ2n) is 3.52. The predicted octanol–water partition coefficient (Wildman–Crippen LogP) is 0.599. The third kappa shape index (κ3) is 2.51. The zero-order valence-corrected chi connectivity index (χ0v) is 9.94. The molecular formula is C10H11N3O3S. The minimum Gasteiger partial charge on any atom is -0.334 e. The Balaban J connectivity index is 2.46. The third-order valence-electron chi connectivity index (χ3n) is 2.16. The highest BCUT2D eigenvalue weighted by Crippen LogP contribution is 2.20. The van der Waals surface area contributed by atoms with Crippen LogP contribution < -0.4 is 5.73 Å². The number of benzene rings is 1. The third-order valence-corrected chi connectivity index (χ3v) is 3.27. The monoisotopic (exact) mass is 253 g/mol. The van der Waals surface area contributed by atoms with E-state index < -0.39 is 9.84 Å². The molecule has 0 radical (unpaired) electrons. The average molecular weight is 253 g/mol. The first-order valence-corrected chi connectivity index (χ1v) is 6.73. The lowest BCUT2D eigenvalue weighted by atomic mass is 10.2. The molecule has 0 saturated carbocycles. The molecule has 0 amide bonds. The van der Waals surface area contributed by atoms with Gasteiger partial charge in [-0.2, -0.15) is 4.98 Å². The summed E-state index contributed by atoms with van der Waals surface area (Å²) in [7, 11) is -3.25.